The maximum Gasteiger partial charge on any atom is 0.273 e. The van der Waals surface area contributed by atoms with Crippen LogP contribution in [0.25, 0.3) is 28.2 Å². The lowest BCUT2D eigenvalue weighted by atomic mass is 10.1. The van der Waals surface area contributed by atoms with E-state index in [0.29, 0.717) is 11.3 Å². The molecule has 4 aromatic rings. The Morgan fingerprint density at radius 3 is 2.64 bits per heavy atom. The van der Waals surface area contributed by atoms with Gasteiger partial charge in [0.25, 0.3) is 5.56 Å². The molecule has 0 saturated heterocycles. The van der Waals surface area contributed by atoms with Crippen LogP contribution in [0.1, 0.15) is 0 Å². The lowest BCUT2D eigenvalue weighted by molar-refractivity contribution is 0.585. The number of pyridine rings is 1. The van der Waals surface area contributed by atoms with Gasteiger partial charge in [0.1, 0.15) is 17.5 Å². The predicted octanol–water partition coefficient (Wildman–Crippen LogP) is 2.61. The smallest absolute Gasteiger partial charge is 0.273 e. The Morgan fingerprint density at radius 2 is 1.92 bits per heavy atom. The van der Waals surface area contributed by atoms with Crippen LogP contribution in [0.3, 0.4) is 0 Å². The minimum absolute atomic E-state index is 0.0211. The minimum atomic E-state index is -0.806. The molecule has 6 nitrogen and oxygen atoms in total. The number of aromatic amines is 1. The number of benzene rings is 1. The van der Waals surface area contributed by atoms with Gasteiger partial charge in [0.15, 0.2) is 5.65 Å². The molecular formula is C17H11F2N5O. The van der Waals surface area contributed by atoms with E-state index in [0.717, 1.165) is 22.7 Å². The molecule has 0 unspecified atom stereocenters. The van der Waals surface area contributed by atoms with E-state index >= 15 is 0 Å². The Morgan fingerprint density at radius 1 is 1.08 bits per heavy atom. The third kappa shape index (κ3) is 2.44. The van der Waals surface area contributed by atoms with E-state index in [1.54, 1.807) is 24.4 Å². The number of nitrogen functional groups attached to an aromatic ring is 1. The molecule has 0 fully saturated rings. The summed E-state index contributed by atoms with van der Waals surface area (Å²) in [5, 5.41) is 2.72. The summed E-state index contributed by atoms with van der Waals surface area (Å²) in [5.74, 6) is -1.31. The van der Waals surface area contributed by atoms with Crippen molar-refractivity contribution in [1.29, 1.82) is 0 Å². The number of halogens is 2. The second kappa shape index (κ2) is 5.52. The third-order valence-electron chi connectivity index (χ3n) is 3.77. The molecule has 8 heteroatoms. The van der Waals surface area contributed by atoms with E-state index < -0.39 is 17.2 Å². The molecule has 0 bridgehead atoms. The molecule has 1 aromatic carbocycles. The maximum atomic E-state index is 14.1. The van der Waals surface area contributed by atoms with E-state index in [1.807, 2.05) is 0 Å². The molecule has 3 N–H and O–H groups in total. The zero-order chi connectivity index (χ0) is 17.6. The van der Waals surface area contributed by atoms with E-state index in [9.17, 15) is 13.6 Å². The van der Waals surface area contributed by atoms with Gasteiger partial charge in [-0.05, 0) is 24.3 Å². The molecule has 25 heavy (non-hydrogen) atoms. The molecule has 124 valence electrons. The van der Waals surface area contributed by atoms with Crippen molar-refractivity contribution in [2.45, 2.75) is 0 Å². The van der Waals surface area contributed by atoms with Gasteiger partial charge >= 0.3 is 0 Å². The van der Waals surface area contributed by atoms with Gasteiger partial charge in [-0.2, -0.15) is 4.52 Å². The van der Waals surface area contributed by atoms with E-state index in [2.05, 4.69) is 15.1 Å². The number of H-pyrrole nitrogens is 1. The Balaban J connectivity index is 2.02. The lowest BCUT2D eigenvalue weighted by Crippen LogP contribution is -2.14. The summed E-state index contributed by atoms with van der Waals surface area (Å²) < 4.78 is 28.3. The SMILES string of the molecule is Nc1[nH]n2c(=O)cc(-c3ccc(F)cc3F)nc2c1-c1ccccn1. The van der Waals surface area contributed by atoms with Crippen molar-refractivity contribution < 1.29 is 8.78 Å². The van der Waals surface area contributed by atoms with Crippen LogP contribution in [0, 0.1) is 11.6 Å². The molecule has 3 heterocycles. The monoisotopic (exact) mass is 339 g/mol. The highest BCUT2D eigenvalue weighted by Crippen LogP contribution is 2.28. The summed E-state index contributed by atoms with van der Waals surface area (Å²) >= 11 is 0. The molecule has 3 aromatic heterocycles. The van der Waals surface area contributed by atoms with Crippen molar-refractivity contribution in [2.75, 3.05) is 5.73 Å². The number of rotatable bonds is 2. The topological polar surface area (TPSA) is 89.1 Å². The number of nitrogens with one attached hydrogen (secondary N) is 1. The van der Waals surface area contributed by atoms with Crippen LogP contribution >= 0.6 is 0 Å². The summed E-state index contributed by atoms with van der Waals surface area (Å²) in [7, 11) is 0. The fourth-order valence-electron chi connectivity index (χ4n) is 2.65. The highest BCUT2D eigenvalue weighted by Gasteiger charge is 2.18. The zero-order valence-corrected chi connectivity index (χ0v) is 12.7. The van der Waals surface area contributed by atoms with Crippen molar-refractivity contribution in [2.24, 2.45) is 0 Å². The van der Waals surface area contributed by atoms with Gasteiger partial charge in [-0.25, -0.2) is 13.8 Å². The lowest BCUT2D eigenvalue weighted by Gasteiger charge is -2.04. The zero-order valence-electron chi connectivity index (χ0n) is 12.7. The van der Waals surface area contributed by atoms with Crippen LogP contribution in [-0.2, 0) is 0 Å². The highest BCUT2D eigenvalue weighted by molar-refractivity contribution is 5.85. The molecule has 0 amide bonds. The first-order valence-corrected chi connectivity index (χ1v) is 7.32. The maximum absolute atomic E-state index is 14.1. The number of aromatic nitrogens is 4. The normalized spacial score (nSPS) is 11.1. The van der Waals surface area contributed by atoms with Crippen LogP contribution < -0.4 is 11.3 Å². The van der Waals surface area contributed by atoms with Gasteiger partial charge < -0.3 is 5.73 Å². The van der Waals surface area contributed by atoms with Crippen molar-refractivity contribution in [3.8, 4) is 22.5 Å². The molecule has 0 aliphatic carbocycles. The Labute approximate surface area is 139 Å². The second-order valence-electron chi connectivity index (χ2n) is 5.38. The first-order valence-electron chi connectivity index (χ1n) is 7.32. The second-order valence-corrected chi connectivity index (χ2v) is 5.38. The van der Waals surface area contributed by atoms with Crippen LogP contribution in [-0.4, -0.2) is 19.6 Å². The van der Waals surface area contributed by atoms with Crippen LogP contribution in [0.15, 0.2) is 53.5 Å². The molecule has 4 rings (SSSR count). The van der Waals surface area contributed by atoms with Crippen molar-refractivity contribution >= 4 is 11.5 Å². The molecule has 0 atom stereocenters. The van der Waals surface area contributed by atoms with Gasteiger partial charge in [0, 0.05) is 23.9 Å². The number of nitrogens with zero attached hydrogens (tertiary/aromatic N) is 3. The predicted molar refractivity (Wildman–Crippen MR) is 88.8 cm³/mol. The van der Waals surface area contributed by atoms with Gasteiger partial charge in [0.05, 0.1) is 17.0 Å². The Kier molecular flexibility index (Phi) is 3.31. The molecule has 0 spiro atoms. The minimum Gasteiger partial charge on any atom is -0.383 e. The van der Waals surface area contributed by atoms with E-state index in [1.165, 1.54) is 6.07 Å². The fraction of sp³-hybridized carbons (Fsp3) is 0. The Bertz CT molecular complexity index is 1150. The number of nitrogens with two attached hydrogens (primary N) is 1. The average Bonchev–Trinajstić information content (AvgIpc) is 2.92. The quantitative estimate of drug-likeness (QED) is 0.587. The molecular weight excluding hydrogens is 328 g/mol. The molecule has 0 radical (unpaired) electrons. The van der Waals surface area contributed by atoms with Crippen molar-refractivity contribution in [3.63, 3.8) is 0 Å². The molecule has 0 aliphatic heterocycles. The van der Waals surface area contributed by atoms with Gasteiger partial charge in [-0.3, -0.25) is 14.9 Å². The summed E-state index contributed by atoms with van der Waals surface area (Å²) in [4.78, 5) is 20.9. The summed E-state index contributed by atoms with van der Waals surface area (Å²) in [6.45, 7) is 0. The van der Waals surface area contributed by atoms with Crippen molar-refractivity contribution in [3.05, 3.63) is 70.6 Å². The first kappa shape index (κ1) is 15.0. The van der Waals surface area contributed by atoms with Crippen LogP contribution in [0.4, 0.5) is 14.6 Å². The molecule has 0 aliphatic rings. The standard InChI is InChI=1S/C17H11F2N5O/c18-9-4-5-10(11(19)7-9)13-8-14(25)24-17(22-13)15(16(20)23-24)12-3-1-2-6-21-12/h1-8,23H,20H2. The largest absolute Gasteiger partial charge is 0.383 e. The number of hydrogen-bond acceptors (Lipinski definition) is 4. The number of hydrogen-bond donors (Lipinski definition) is 2. The van der Waals surface area contributed by atoms with Gasteiger partial charge in [-0.15, -0.1) is 0 Å². The van der Waals surface area contributed by atoms with Crippen LogP contribution in [0.2, 0.25) is 0 Å². The van der Waals surface area contributed by atoms with E-state index in [4.69, 9.17) is 5.73 Å². The summed E-state index contributed by atoms with van der Waals surface area (Å²) in [6.07, 6.45) is 1.58. The first-order chi connectivity index (χ1) is 12.0. The average molecular weight is 339 g/mol. The van der Waals surface area contributed by atoms with Crippen molar-refractivity contribution in [1.82, 2.24) is 19.6 Å². The fourth-order valence-corrected chi connectivity index (χ4v) is 2.65. The number of fused-ring (bicyclic) bond motifs is 1. The number of anilines is 1. The van der Waals surface area contributed by atoms with Gasteiger partial charge in [-0.1, -0.05) is 6.07 Å². The van der Waals surface area contributed by atoms with E-state index in [-0.39, 0.29) is 22.7 Å². The third-order valence-corrected chi connectivity index (χ3v) is 3.77. The summed E-state index contributed by atoms with van der Waals surface area (Å²) in [6, 6.07) is 9.47. The summed E-state index contributed by atoms with van der Waals surface area (Å²) in [5.41, 5.74) is 6.76. The van der Waals surface area contributed by atoms with Crippen LogP contribution in [0.5, 0.6) is 0 Å². The highest BCUT2D eigenvalue weighted by atomic mass is 19.1. The Hall–Kier alpha value is -3.55. The van der Waals surface area contributed by atoms with Gasteiger partial charge in [0.2, 0.25) is 0 Å². The molecule has 0 saturated carbocycles.